The van der Waals surface area contributed by atoms with Crippen LogP contribution in [0.5, 0.6) is 0 Å². The number of rotatable bonds is 8. The van der Waals surface area contributed by atoms with Gasteiger partial charge in [0.2, 0.25) is 0 Å². The molecule has 5 heteroatoms. The van der Waals surface area contributed by atoms with Gasteiger partial charge in [0.1, 0.15) is 0 Å². The second-order valence-electron chi connectivity index (χ2n) is 15.1. The van der Waals surface area contributed by atoms with Gasteiger partial charge in [-0.25, -0.2) is 19.9 Å². The fourth-order valence-corrected chi connectivity index (χ4v) is 8.27. The van der Waals surface area contributed by atoms with Gasteiger partial charge in [0.05, 0.1) is 28.1 Å². The maximum absolute atomic E-state index is 5.35. The number of nitrogens with zero attached hydrogens (tertiary/aromatic N) is 5. The number of pyridine rings is 1. The summed E-state index contributed by atoms with van der Waals surface area (Å²) in [5, 5.41) is 2.35. The Morgan fingerprint density at radius 2 is 0.672 bits per heavy atom. The Labute approximate surface area is 354 Å². The quantitative estimate of drug-likeness (QED) is 0.154. The van der Waals surface area contributed by atoms with Crippen LogP contribution in [0, 0.1) is 0 Å². The topological polar surface area (TPSA) is 56.5 Å². The molecular formula is C56H37N5. The molecular weight excluding hydrogens is 743 g/mol. The summed E-state index contributed by atoms with van der Waals surface area (Å²) in [5.74, 6) is 1.82. The zero-order chi connectivity index (χ0) is 40.5. The lowest BCUT2D eigenvalue weighted by atomic mass is 10.0. The Bertz CT molecular complexity index is 3170. The molecule has 0 aliphatic carbocycles. The minimum atomic E-state index is 0.585. The predicted molar refractivity (Wildman–Crippen MR) is 250 cm³/mol. The van der Waals surface area contributed by atoms with Crippen LogP contribution in [0.4, 0.5) is 0 Å². The van der Waals surface area contributed by atoms with Gasteiger partial charge in [-0.1, -0.05) is 170 Å². The van der Waals surface area contributed by atoms with E-state index in [-0.39, 0.29) is 0 Å². The Kier molecular flexibility index (Phi) is 9.10. The van der Waals surface area contributed by atoms with Gasteiger partial charge < -0.3 is 4.57 Å². The molecule has 0 amide bonds. The Morgan fingerprint density at radius 1 is 0.262 bits per heavy atom. The molecule has 61 heavy (non-hydrogen) atoms. The van der Waals surface area contributed by atoms with Crippen LogP contribution in [-0.4, -0.2) is 24.5 Å². The van der Waals surface area contributed by atoms with Crippen LogP contribution in [0.25, 0.3) is 106 Å². The van der Waals surface area contributed by atoms with Gasteiger partial charge in [0.15, 0.2) is 17.5 Å². The molecule has 3 heterocycles. The van der Waals surface area contributed by atoms with Crippen LogP contribution < -0.4 is 0 Å². The van der Waals surface area contributed by atoms with Crippen molar-refractivity contribution in [3.63, 3.8) is 0 Å². The van der Waals surface area contributed by atoms with Gasteiger partial charge in [0.25, 0.3) is 0 Å². The first kappa shape index (κ1) is 35.8. The fourth-order valence-electron chi connectivity index (χ4n) is 8.27. The number of hydrogen-bond donors (Lipinski definition) is 0. The van der Waals surface area contributed by atoms with Crippen LogP contribution in [0.15, 0.2) is 224 Å². The van der Waals surface area contributed by atoms with Gasteiger partial charge >= 0.3 is 0 Å². The third-order valence-electron chi connectivity index (χ3n) is 11.3. The number of fused-ring (bicyclic) bond motifs is 3. The highest BCUT2D eigenvalue weighted by atomic mass is 15.0. The summed E-state index contributed by atoms with van der Waals surface area (Å²) in [4.78, 5) is 20.6. The summed E-state index contributed by atoms with van der Waals surface area (Å²) in [6, 6.07) is 78.2. The summed E-state index contributed by atoms with van der Waals surface area (Å²) in [6.45, 7) is 0. The lowest BCUT2D eigenvalue weighted by Gasteiger charge is -2.16. The van der Waals surface area contributed by atoms with Crippen LogP contribution in [0.3, 0.4) is 0 Å². The molecule has 0 unspecified atom stereocenters. The van der Waals surface area contributed by atoms with Crippen molar-refractivity contribution in [1.82, 2.24) is 24.5 Å². The molecule has 5 nitrogen and oxygen atoms in total. The van der Waals surface area contributed by atoms with Crippen molar-refractivity contribution in [2.24, 2.45) is 0 Å². The normalized spacial score (nSPS) is 11.3. The summed E-state index contributed by atoms with van der Waals surface area (Å²) in [6.07, 6.45) is 0. The van der Waals surface area contributed by atoms with E-state index in [0.29, 0.717) is 17.5 Å². The van der Waals surface area contributed by atoms with Crippen molar-refractivity contribution in [2.45, 2.75) is 0 Å². The van der Waals surface area contributed by atoms with E-state index >= 15 is 0 Å². The van der Waals surface area contributed by atoms with Crippen molar-refractivity contribution in [3.05, 3.63) is 224 Å². The molecule has 0 aliphatic rings. The number of hydrogen-bond acceptors (Lipinski definition) is 4. The third kappa shape index (κ3) is 6.84. The van der Waals surface area contributed by atoms with E-state index in [4.69, 9.17) is 19.9 Å². The van der Waals surface area contributed by atoms with E-state index in [1.807, 2.05) is 66.7 Å². The second-order valence-corrected chi connectivity index (χ2v) is 15.1. The molecule has 0 spiro atoms. The Balaban J connectivity index is 1.17. The molecule has 0 fully saturated rings. The maximum atomic E-state index is 5.35. The second kappa shape index (κ2) is 15.5. The highest BCUT2D eigenvalue weighted by molar-refractivity contribution is 6.12. The first-order valence-corrected chi connectivity index (χ1v) is 20.5. The molecule has 0 saturated carbocycles. The first-order valence-electron chi connectivity index (χ1n) is 20.5. The SMILES string of the molecule is c1ccc(-c2ccc3c(c2)c2cc(-c4ccccc4)ccc2n3-c2ccc(-c3nc(-c4ccccc4)nc(-c4ccccc4)n3)cc2-c2cccc(-c3ccccc3)n2)cc1. The number of aromatic nitrogens is 5. The average molecular weight is 780 g/mol. The van der Waals surface area contributed by atoms with E-state index in [9.17, 15) is 0 Å². The Morgan fingerprint density at radius 3 is 1.16 bits per heavy atom. The van der Waals surface area contributed by atoms with Crippen molar-refractivity contribution in [1.29, 1.82) is 0 Å². The highest BCUT2D eigenvalue weighted by Gasteiger charge is 2.21. The van der Waals surface area contributed by atoms with Crippen LogP contribution in [-0.2, 0) is 0 Å². The van der Waals surface area contributed by atoms with Crippen LogP contribution in [0.1, 0.15) is 0 Å². The van der Waals surface area contributed by atoms with E-state index in [0.717, 1.165) is 55.9 Å². The molecule has 11 rings (SSSR count). The molecule has 0 radical (unpaired) electrons. The van der Waals surface area contributed by atoms with Crippen molar-refractivity contribution < 1.29 is 0 Å². The summed E-state index contributed by atoms with van der Waals surface area (Å²) in [5.41, 5.74) is 14.4. The van der Waals surface area contributed by atoms with E-state index < -0.39 is 0 Å². The smallest absolute Gasteiger partial charge is 0.164 e. The molecule has 286 valence electrons. The highest BCUT2D eigenvalue weighted by Crippen LogP contribution is 2.41. The van der Waals surface area contributed by atoms with Crippen LogP contribution in [0.2, 0.25) is 0 Å². The van der Waals surface area contributed by atoms with Crippen LogP contribution >= 0.6 is 0 Å². The summed E-state index contributed by atoms with van der Waals surface area (Å²) < 4.78 is 2.39. The summed E-state index contributed by atoms with van der Waals surface area (Å²) in [7, 11) is 0. The van der Waals surface area contributed by atoms with E-state index in [2.05, 4.69) is 162 Å². The maximum Gasteiger partial charge on any atom is 0.164 e. The molecule has 0 N–H and O–H groups in total. The van der Waals surface area contributed by atoms with Gasteiger partial charge in [-0.15, -0.1) is 0 Å². The molecule has 8 aromatic carbocycles. The lowest BCUT2D eigenvalue weighted by Crippen LogP contribution is -2.02. The zero-order valence-corrected chi connectivity index (χ0v) is 33.1. The number of benzene rings is 8. The van der Waals surface area contributed by atoms with Crippen molar-refractivity contribution >= 4 is 21.8 Å². The van der Waals surface area contributed by atoms with Gasteiger partial charge in [-0.2, -0.15) is 0 Å². The first-order chi connectivity index (χ1) is 30.2. The minimum Gasteiger partial charge on any atom is -0.309 e. The monoisotopic (exact) mass is 779 g/mol. The predicted octanol–water partition coefficient (Wildman–Crippen LogP) is 14.0. The molecule has 0 aliphatic heterocycles. The molecule has 0 bridgehead atoms. The third-order valence-corrected chi connectivity index (χ3v) is 11.3. The van der Waals surface area contributed by atoms with Gasteiger partial charge in [-0.3, -0.25) is 0 Å². The minimum absolute atomic E-state index is 0.585. The van der Waals surface area contributed by atoms with Gasteiger partial charge in [-0.05, 0) is 76.9 Å². The molecule has 11 aromatic rings. The Hall–Kier alpha value is -8.28. The average Bonchev–Trinajstić information content (AvgIpc) is 3.68. The molecule has 0 atom stereocenters. The van der Waals surface area contributed by atoms with Crippen molar-refractivity contribution in [2.75, 3.05) is 0 Å². The standard InChI is InChI=1S/C56H37N5/c1-6-17-38(18-7-1)43-29-32-51-46(35-43)47-36-44(39-19-8-2-9-20-39)30-33-52(47)61(51)53-34-31-45(37-48(53)50-28-16-27-49(57-50)40-21-10-3-11-22-40)56-59-54(41-23-12-4-13-24-41)58-55(60-56)42-25-14-5-15-26-42/h1-37H. The lowest BCUT2D eigenvalue weighted by molar-refractivity contribution is 1.07. The van der Waals surface area contributed by atoms with E-state index in [1.165, 1.54) is 33.0 Å². The van der Waals surface area contributed by atoms with Crippen molar-refractivity contribution in [3.8, 4) is 84.6 Å². The van der Waals surface area contributed by atoms with Gasteiger partial charge in [0, 0.05) is 38.6 Å². The van der Waals surface area contributed by atoms with E-state index in [1.54, 1.807) is 0 Å². The molecule has 3 aromatic heterocycles. The zero-order valence-electron chi connectivity index (χ0n) is 33.1. The molecule has 0 saturated heterocycles. The fraction of sp³-hybridized carbons (Fsp3) is 0. The largest absolute Gasteiger partial charge is 0.309 e. The summed E-state index contributed by atoms with van der Waals surface area (Å²) >= 11 is 0.